The van der Waals surface area contributed by atoms with Crippen LogP contribution >= 0.6 is 0 Å². The van der Waals surface area contributed by atoms with Crippen molar-refractivity contribution in [3.05, 3.63) is 47.8 Å². The minimum Gasteiger partial charge on any atom is -0.388 e. The summed E-state index contributed by atoms with van der Waals surface area (Å²) in [6, 6.07) is 9.31. The van der Waals surface area contributed by atoms with Crippen LogP contribution in [0.25, 0.3) is 0 Å². The smallest absolute Gasteiger partial charge is 0.187 e. The molecule has 2 heterocycles. The highest BCUT2D eigenvalue weighted by Gasteiger charge is 2.44. The first-order chi connectivity index (χ1) is 17.8. The summed E-state index contributed by atoms with van der Waals surface area (Å²) < 4.78 is 37.8. The van der Waals surface area contributed by atoms with Crippen molar-refractivity contribution in [2.45, 2.75) is 108 Å². The second-order valence-electron chi connectivity index (χ2n) is 9.81. The minimum atomic E-state index is -3.31. The fourth-order valence-corrected chi connectivity index (χ4v) is 5.76. The minimum absolute atomic E-state index is 0.00121. The van der Waals surface area contributed by atoms with Gasteiger partial charge in [-0.15, -0.1) is 5.10 Å². The lowest BCUT2D eigenvalue weighted by Gasteiger charge is -2.40. The maximum absolute atomic E-state index is 12.5. The van der Waals surface area contributed by atoms with Crippen molar-refractivity contribution in [2.24, 2.45) is 0 Å². The molecule has 0 saturated carbocycles. The van der Waals surface area contributed by atoms with E-state index in [1.165, 1.54) is 36.6 Å². The third-order valence-electron chi connectivity index (χ3n) is 6.56. The van der Waals surface area contributed by atoms with E-state index in [2.05, 4.69) is 17.2 Å². The lowest BCUT2D eigenvalue weighted by atomic mass is 9.99. The summed E-state index contributed by atoms with van der Waals surface area (Å²) in [6.07, 6.45) is 3.77. The Balaban J connectivity index is 1.46. The molecule has 2 aromatic rings. The average molecular weight is 540 g/mol. The lowest BCUT2D eigenvalue weighted by molar-refractivity contribution is -0.302. The topological polar surface area (TPSA) is 144 Å². The Bertz CT molecular complexity index is 1020. The number of nitrogens with zero attached hydrogens (tertiary/aromatic N) is 3. The fraction of sp³-hybridized carbons (Fsp3) is 0.692. The number of aliphatic hydroxyl groups excluding tert-OH is 3. The SMILES string of the molecule is CCCCCCCCCCS(=O)(=O)Cc1cn(C[C@H]2O[C@H](OCc3ccccc3)[C@@H](O)[C@@H](O)[C@@H]2O)nn1. The van der Waals surface area contributed by atoms with Crippen LogP contribution in [0, 0.1) is 0 Å². The second-order valence-corrected chi connectivity index (χ2v) is 12.0. The number of rotatable bonds is 16. The summed E-state index contributed by atoms with van der Waals surface area (Å²) in [7, 11) is -3.31. The van der Waals surface area contributed by atoms with Gasteiger partial charge in [0, 0.05) is 6.20 Å². The number of aliphatic hydroxyl groups is 3. The molecule has 208 valence electrons. The maximum atomic E-state index is 12.5. The molecule has 1 aliphatic heterocycles. The summed E-state index contributed by atoms with van der Waals surface area (Å²) in [4.78, 5) is 0. The highest BCUT2D eigenvalue weighted by atomic mass is 32.2. The summed E-state index contributed by atoms with van der Waals surface area (Å²) in [5.74, 6) is -0.0918. The van der Waals surface area contributed by atoms with Gasteiger partial charge in [-0.25, -0.2) is 13.1 Å². The summed E-state index contributed by atoms with van der Waals surface area (Å²) in [6.45, 7) is 2.34. The van der Waals surface area contributed by atoms with Crippen LogP contribution in [0.4, 0.5) is 0 Å². The molecule has 1 aliphatic rings. The van der Waals surface area contributed by atoms with E-state index in [0.717, 1.165) is 24.8 Å². The van der Waals surface area contributed by atoms with Crippen molar-refractivity contribution < 1.29 is 33.2 Å². The van der Waals surface area contributed by atoms with Crippen molar-refractivity contribution in [1.82, 2.24) is 15.0 Å². The Hall–Kier alpha value is -1.89. The fourth-order valence-electron chi connectivity index (χ4n) is 4.39. The highest BCUT2D eigenvalue weighted by molar-refractivity contribution is 7.90. The first-order valence-corrected chi connectivity index (χ1v) is 15.1. The molecule has 11 heteroatoms. The summed E-state index contributed by atoms with van der Waals surface area (Å²) >= 11 is 0. The van der Waals surface area contributed by atoms with Gasteiger partial charge < -0.3 is 24.8 Å². The van der Waals surface area contributed by atoms with Crippen LogP contribution in [0.5, 0.6) is 0 Å². The van der Waals surface area contributed by atoms with Crippen LogP contribution in [0.15, 0.2) is 36.5 Å². The van der Waals surface area contributed by atoms with Gasteiger partial charge in [0.15, 0.2) is 16.1 Å². The Kier molecular flexibility index (Phi) is 11.9. The molecule has 1 saturated heterocycles. The van der Waals surface area contributed by atoms with Crippen LogP contribution < -0.4 is 0 Å². The maximum Gasteiger partial charge on any atom is 0.187 e. The zero-order valence-corrected chi connectivity index (χ0v) is 22.4. The molecule has 37 heavy (non-hydrogen) atoms. The lowest BCUT2D eigenvalue weighted by Crippen LogP contribution is -2.59. The molecule has 1 aromatic heterocycles. The molecule has 0 unspecified atom stereocenters. The van der Waals surface area contributed by atoms with Gasteiger partial charge in [-0.05, 0) is 12.0 Å². The van der Waals surface area contributed by atoms with Gasteiger partial charge in [0.1, 0.15) is 24.4 Å². The van der Waals surface area contributed by atoms with Crippen LogP contribution in [0.2, 0.25) is 0 Å². The molecular weight excluding hydrogens is 498 g/mol. The zero-order chi connectivity index (χ0) is 26.7. The molecule has 1 aromatic carbocycles. The molecule has 0 spiro atoms. The number of benzene rings is 1. The first kappa shape index (κ1) is 29.7. The Morgan fingerprint density at radius 3 is 2.32 bits per heavy atom. The van der Waals surface area contributed by atoms with E-state index in [-0.39, 0.29) is 24.7 Å². The number of aromatic nitrogens is 3. The number of hydrogen-bond donors (Lipinski definition) is 3. The third kappa shape index (κ3) is 9.73. The quantitative estimate of drug-likeness (QED) is 0.274. The Labute approximate surface area is 219 Å². The van der Waals surface area contributed by atoms with E-state index in [1.807, 2.05) is 30.3 Å². The van der Waals surface area contributed by atoms with Gasteiger partial charge in [0.25, 0.3) is 0 Å². The van der Waals surface area contributed by atoms with Gasteiger partial charge in [-0.1, -0.05) is 87.4 Å². The monoisotopic (exact) mass is 539 g/mol. The van der Waals surface area contributed by atoms with Crippen LogP contribution in [-0.4, -0.2) is 75.2 Å². The van der Waals surface area contributed by atoms with Crippen LogP contribution in [0.1, 0.15) is 69.5 Å². The Morgan fingerprint density at radius 2 is 1.62 bits per heavy atom. The van der Waals surface area contributed by atoms with E-state index in [1.54, 1.807) is 0 Å². The van der Waals surface area contributed by atoms with E-state index in [9.17, 15) is 23.7 Å². The molecule has 0 amide bonds. The van der Waals surface area contributed by atoms with Crippen LogP contribution in [0.3, 0.4) is 0 Å². The molecule has 10 nitrogen and oxygen atoms in total. The van der Waals surface area contributed by atoms with E-state index >= 15 is 0 Å². The largest absolute Gasteiger partial charge is 0.388 e. The predicted molar refractivity (Wildman–Crippen MR) is 138 cm³/mol. The van der Waals surface area contributed by atoms with Gasteiger partial charge in [0.05, 0.1) is 30.4 Å². The number of ether oxygens (including phenoxy) is 2. The van der Waals surface area contributed by atoms with E-state index in [4.69, 9.17) is 9.47 Å². The molecule has 3 N–H and O–H groups in total. The second kappa shape index (κ2) is 14.9. The number of sulfone groups is 1. The normalized spacial score (nSPS) is 24.4. The molecule has 0 aliphatic carbocycles. The van der Waals surface area contributed by atoms with E-state index in [0.29, 0.717) is 12.1 Å². The standard InChI is InChI=1S/C26H41N3O7S/c1-2-3-4-5-6-7-8-12-15-37(33,34)19-21-16-29(28-27-21)17-22-23(30)24(31)25(32)26(36-22)35-18-20-13-10-9-11-14-20/h9-11,13-14,16,22-26,30-32H,2-8,12,15,17-19H2,1H3/t22-,23-,24+,25+,26+/m1/s1. The average Bonchev–Trinajstić information content (AvgIpc) is 3.31. The summed E-state index contributed by atoms with van der Waals surface area (Å²) in [5.41, 5.74) is 1.17. The van der Waals surface area contributed by atoms with Gasteiger partial charge >= 0.3 is 0 Å². The van der Waals surface area contributed by atoms with Crippen molar-refractivity contribution in [3.8, 4) is 0 Å². The molecule has 1 fully saturated rings. The Morgan fingerprint density at radius 1 is 0.946 bits per heavy atom. The van der Waals surface area contributed by atoms with Gasteiger partial charge in [-0.2, -0.15) is 0 Å². The van der Waals surface area contributed by atoms with Crippen molar-refractivity contribution >= 4 is 9.84 Å². The molecule has 0 bridgehead atoms. The first-order valence-electron chi connectivity index (χ1n) is 13.2. The predicted octanol–water partition coefficient (Wildman–Crippen LogP) is 2.36. The zero-order valence-electron chi connectivity index (χ0n) is 21.6. The highest BCUT2D eigenvalue weighted by Crippen LogP contribution is 2.24. The number of unbranched alkanes of at least 4 members (excludes halogenated alkanes) is 7. The number of hydrogen-bond acceptors (Lipinski definition) is 9. The molecule has 0 radical (unpaired) electrons. The molecule has 3 rings (SSSR count). The third-order valence-corrected chi connectivity index (χ3v) is 8.20. The molecular formula is C26H41N3O7S. The van der Waals surface area contributed by atoms with E-state index < -0.39 is 40.5 Å². The van der Waals surface area contributed by atoms with Gasteiger partial charge in [0.2, 0.25) is 0 Å². The van der Waals surface area contributed by atoms with Gasteiger partial charge in [-0.3, -0.25) is 0 Å². The molecule has 5 atom stereocenters. The van der Waals surface area contributed by atoms with Crippen LogP contribution in [-0.2, 0) is 38.2 Å². The van der Waals surface area contributed by atoms with Crippen molar-refractivity contribution in [3.63, 3.8) is 0 Å². The van der Waals surface area contributed by atoms with Crippen molar-refractivity contribution in [1.29, 1.82) is 0 Å². The summed E-state index contributed by atoms with van der Waals surface area (Å²) in [5, 5.41) is 38.9. The van der Waals surface area contributed by atoms with Crippen molar-refractivity contribution in [2.75, 3.05) is 5.75 Å².